The van der Waals surface area contributed by atoms with E-state index in [9.17, 15) is 0 Å². The average molecular weight is 431 g/mol. The van der Waals surface area contributed by atoms with Crippen molar-refractivity contribution < 1.29 is 0 Å². The van der Waals surface area contributed by atoms with Gasteiger partial charge in [0.05, 0.1) is 0 Å². The summed E-state index contributed by atoms with van der Waals surface area (Å²) in [4.78, 5) is 0. The molecule has 2 rings (SSSR count). The van der Waals surface area contributed by atoms with Gasteiger partial charge in [0.25, 0.3) is 0 Å². The van der Waals surface area contributed by atoms with Crippen molar-refractivity contribution in [3.8, 4) is 0 Å². The van der Waals surface area contributed by atoms with E-state index in [0.717, 1.165) is 9.54 Å². The zero-order valence-electron chi connectivity index (χ0n) is 16.9. The fraction of sp³-hybridized carbons (Fsp3) is 0.667. The summed E-state index contributed by atoms with van der Waals surface area (Å²) in [7, 11) is 3.52. The van der Waals surface area contributed by atoms with Crippen molar-refractivity contribution in [2.75, 3.05) is 0 Å². The zero-order chi connectivity index (χ0) is 19.8. The lowest BCUT2D eigenvalue weighted by atomic mass is 10.4. The molecule has 4 nitrogen and oxygen atoms in total. The SMILES string of the molecule is CC(C)n1cc(SSc2cn(C(C)C)c(=S)n2C(C)C)n(C(C)C)c1=S. The monoisotopic (exact) mass is 430 g/mol. The summed E-state index contributed by atoms with van der Waals surface area (Å²) in [6.45, 7) is 17.4. The van der Waals surface area contributed by atoms with Crippen LogP contribution in [-0.2, 0) is 0 Å². The van der Waals surface area contributed by atoms with Gasteiger partial charge in [-0.3, -0.25) is 0 Å². The maximum absolute atomic E-state index is 5.70. The quantitative estimate of drug-likeness (QED) is 0.335. The van der Waals surface area contributed by atoms with Gasteiger partial charge in [0, 0.05) is 36.6 Å². The summed E-state index contributed by atoms with van der Waals surface area (Å²) in [5.74, 6) is 0. The largest absolute Gasteiger partial charge is 0.320 e. The summed E-state index contributed by atoms with van der Waals surface area (Å²) >= 11 is 11.4. The van der Waals surface area contributed by atoms with Gasteiger partial charge in [-0.15, -0.1) is 0 Å². The van der Waals surface area contributed by atoms with Crippen molar-refractivity contribution in [2.24, 2.45) is 0 Å². The highest BCUT2D eigenvalue weighted by molar-refractivity contribution is 8.76. The predicted molar refractivity (Wildman–Crippen MR) is 120 cm³/mol. The average Bonchev–Trinajstić information content (AvgIpc) is 3.02. The third kappa shape index (κ3) is 4.34. The first-order valence-corrected chi connectivity index (χ1v) is 12.0. The molecular weight excluding hydrogens is 400 g/mol. The van der Waals surface area contributed by atoms with Crippen LogP contribution in [0.3, 0.4) is 0 Å². The van der Waals surface area contributed by atoms with Crippen molar-refractivity contribution in [1.29, 1.82) is 0 Å². The van der Waals surface area contributed by atoms with Crippen LogP contribution in [0.25, 0.3) is 0 Å². The van der Waals surface area contributed by atoms with Crippen LogP contribution in [-0.4, -0.2) is 18.3 Å². The number of hydrogen-bond donors (Lipinski definition) is 0. The third-order valence-electron chi connectivity index (χ3n) is 4.19. The molecule has 0 N–H and O–H groups in total. The van der Waals surface area contributed by atoms with E-state index in [1.807, 2.05) is 0 Å². The second kappa shape index (κ2) is 8.71. The van der Waals surface area contributed by atoms with Gasteiger partial charge in [0.2, 0.25) is 0 Å². The maximum atomic E-state index is 5.70. The number of rotatable bonds is 7. The van der Waals surface area contributed by atoms with Gasteiger partial charge < -0.3 is 18.3 Å². The molecule has 8 heteroatoms. The molecule has 0 bridgehead atoms. The Kier molecular flexibility index (Phi) is 7.32. The molecule has 0 aliphatic carbocycles. The van der Waals surface area contributed by atoms with E-state index in [-0.39, 0.29) is 0 Å². The highest BCUT2D eigenvalue weighted by Gasteiger charge is 2.18. The third-order valence-corrected chi connectivity index (χ3v) is 7.30. The van der Waals surface area contributed by atoms with E-state index in [2.05, 4.69) is 86.1 Å². The molecule has 0 aromatic carbocycles. The Labute approximate surface area is 175 Å². The first-order chi connectivity index (χ1) is 12.1. The lowest BCUT2D eigenvalue weighted by Gasteiger charge is -2.13. The Morgan fingerprint density at radius 1 is 0.615 bits per heavy atom. The van der Waals surface area contributed by atoms with E-state index in [1.54, 1.807) is 21.6 Å². The number of aromatic nitrogens is 4. The van der Waals surface area contributed by atoms with Crippen LogP contribution < -0.4 is 0 Å². The first kappa shape index (κ1) is 21.9. The second-order valence-electron chi connectivity index (χ2n) is 7.60. The molecule has 0 atom stereocenters. The van der Waals surface area contributed by atoms with E-state index in [1.165, 1.54) is 10.1 Å². The fourth-order valence-electron chi connectivity index (χ4n) is 2.81. The van der Waals surface area contributed by atoms with Gasteiger partial charge in [-0.2, -0.15) is 0 Å². The van der Waals surface area contributed by atoms with Gasteiger partial charge in [-0.1, -0.05) is 0 Å². The van der Waals surface area contributed by atoms with Gasteiger partial charge in [-0.05, 0) is 101 Å². The molecule has 0 saturated carbocycles. The summed E-state index contributed by atoms with van der Waals surface area (Å²) in [5.41, 5.74) is 0. The predicted octanol–water partition coefficient (Wildman–Crippen LogP) is 7.47. The Balaban J connectivity index is 2.41. The fourth-order valence-corrected chi connectivity index (χ4v) is 6.56. The molecule has 0 aliphatic rings. The van der Waals surface area contributed by atoms with Crippen molar-refractivity contribution in [1.82, 2.24) is 18.3 Å². The van der Waals surface area contributed by atoms with E-state index < -0.39 is 0 Å². The zero-order valence-corrected chi connectivity index (χ0v) is 20.2. The highest BCUT2D eigenvalue weighted by atomic mass is 33.1. The lowest BCUT2D eigenvalue weighted by Crippen LogP contribution is -2.05. The molecule has 0 unspecified atom stereocenters. The van der Waals surface area contributed by atoms with Crippen LogP contribution in [0, 0.1) is 9.54 Å². The summed E-state index contributed by atoms with van der Waals surface area (Å²) < 4.78 is 10.6. The number of hydrogen-bond acceptors (Lipinski definition) is 4. The Bertz CT molecular complexity index is 793. The molecule has 0 saturated heterocycles. The molecule has 0 fully saturated rings. The molecular formula is C18H30N4S4. The van der Waals surface area contributed by atoms with Crippen molar-refractivity contribution in [2.45, 2.75) is 89.6 Å². The van der Waals surface area contributed by atoms with Crippen molar-refractivity contribution in [3.63, 3.8) is 0 Å². The topological polar surface area (TPSA) is 19.7 Å². The Morgan fingerprint density at radius 2 is 0.923 bits per heavy atom. The van der Waals surface area contributed by atoms with Gasteiger partial charge in [-0.25, -0.2) is 0 Å². The smallest absolute Gasteiger partial charge is 0.181 e. The maximum Gasteiger partial charge on any atom is 0.181 e. The summed E-state index contributed by atoms with van der Waals surface area (Å²) in [6.07, 6.45) is 4.36. The van der Waals surface area contributed by atoms with Gasteiger partial charge >= 0.3 is 0 Å². The summed E-state index contributed by atoms with van der Waals surface area (Å²) in [6, 6.07) is 1.37. The molecule has 0 aliphatic heterocycles. The molecule has 2 heterocycles. The van der Waals surface area contributed by atoms with Crippen LogP contribution in [0.15, 0.2) is 22.4 Å². The van der Waals surface area contributed by atoms with Gasteiger partial charge in [0.15, 0.2) is 9.54 Å². The van der Waals surface area contributed by atoms with Gasteiger partial charge in [0.1, 0.15) is 10.1 Å². The van der Waals surface area contributed by atoms with Crippen LogP contribution in [0.5, 0.6) is 0 Å². The molecule has 0 radical (unpaired) electrons. The van der Waals surface area contributed by atoms with Crippen LogP contribution in [0.4, 0.5) is 0 Å². The lowest BCUT2D eigenvalue weighted by molar-refractivity contribution is 0.523. The van der Waals surface area contributed by atoms with Crippen molar-refractivity contribution >= 4 is 46.0 Å². The number of nitrogens with zero attached hydrogens (tertiary/aromatic N) is 4. The molecule has 0 amide bonds. The van der Waals surface area contributed by atoms with Crippen LogP contribution in [0.2, 0.25) is 0 Å². The van der Waals surface area contributed by atoms with Crippen molar-refractivity contribution in [3.05, 3.63) is 21.9 Å². The Hall–Kier alpha value is -0.440. The first-order valence-electron chi connectivity index (χ1n) is 9.07. The minimum absolute atomic E-state index is 0.331. The number of imidazole rings is 2. The summed E-state index contributed by atoms with van der Waals surface area (Å²) in [5, 5.41) is 2.37. The minimum Gasteiger partial charge on any atom is -0.320 e. The molecule has 146 valence electrons. The highest BCUT2D eigenvalue weighted by Crippen LogP contribution is 2.41. The standard InChI is InChI=1S/C18H30N4S4/c1-11(2)19-9-15(21(13(5)6)17(19)23)25-26-16-10-20(12(3)4)18(24)22(16)14(7)8/h9-14H,1-8H3. The van der Waals surface area contributed by atoms with E-state index in [4.69, 9.17) is 24.4 Å². The van der Waals surface area contributed by atoms with E-state index in [0.29, 0.717) is 24.2 Å². The molecule has 2 aromatic rings. The normalized spacial score (nSPS) is 12.3. The van der Waals surface area contributed by atoms with Crippen LogP contribution in [0.1, 0.15) is 79.6 Å². The minimum atomic E-state index is 0.331. The van der Waals surface area contributed by atoms with E-state index >= 15 is 0 Å². The molecule has 0 spiro atoms. The molecule has 26 heavy (non-hydrogen) atoms. The Morgan fingerprint density at radius 3 is 1.15 bits per heavy atom. The van der Waals surface area contributed by atoms with Crippen LogP contribution >= 0.6 is 46.0 Å². The molecule has 2 aromatic heterocycles. The second-order valence-corrected chi connectivity index (χ2v) is 10.5.